The van der Waals surface area contributed by atoms with Gasteiger partial charge in [-0.1, -0.05) is 6.92 Å². The maximum atomic E-state index is 9.00. The number of hydrogen-bond donors (Lipinski definition) is 1. The number of aliphatic carboxylic acids is 1. The quantitative estimate of drug-likeness (QED) is 0.344. The third kappa shape index (κ3) is 1030. The molecule has 0 aliphatic heterocycles. The standard InChI is InChI=1S/C2H4O2.C2H5O.Na/c1-2(3)4;1-2-3;/h1H3,(H,3,4);2H2,1H3;/q;-1;+1. The number of hydrogen-bond acceptors (Lipinski definition) is 2. The van der Waals surface area contributed by atoms with Gasteiger partial charge in [0, 0.05) is 6.92 Å². The van der Waals surface area contributed by atoms with Crippen LogP contribution < -0.4 is 34.7 Å². The Morgan fingerprint density at radius 1 is 1.75 bits per heavy atom. The zero-order valence-corrected chi connectivity index (χ0v) is 7.47. The first-order chi connectivity index (χ1) is 3.15. The van der Waals surface area contributed by atoms with Gasteiger partial charge in [-0.15, -0.1) is 6.61 Å². The van der Waals surface area contributed by atoms with Gasteiger partial charge >= 0.3 is 29.6 Å². The first kappa shape index (κ1) is 15.8. The summed E-state index contributed by atoms with van der Waals surface area (Å²) in [6.07, 6.45) is 0. The predicted octanol–water partition coefficient (Wildman–Crippen LogP) is -3.54. The van der Waals surface area contributed by atoms with Crippen LogP contribution in [-0.2, 0) is 4.79 Å². The molecule has 0 saturated carbocycles. The summed E-state index contributed by atoms with van der Waals surface area (Å²) in [7, 11) is 0. The Kier molecular flexibility index (Phi) is 30.9. The van der Waals surface area contributed by atoms with E-state index in [1.807, 2.05) is 0 Å². The number of carboxylic acid groups (broad SMARTS) is 1. The van der Waals surface area contributed by atoms with Gasteiger partial charge in [0.2, 0.25) is 0 Å². The molecule has 4 heteroatoms. The Morgan fingerprint density at radius 3 is 1.75 bits per heavy atom. The molecule has 0 aromatic heterocycles. The van der Waals surface area contributed by atoms with Crippen LogP contribution >= 0.6 is 0 Å². The zero-order valence-electron chi connectivity index (χ0n) is 5.47. The Morgan fingerprint density at radius 2 is 1.75 bits per heavy atom. The topological polar surface area (TPSA) is 60.4 Å². The molecule has 1 N–H and O–H groups in total. The van der Waals surface area contributed by atoms with Crippen LogP contribution in [0.4, 0.5) is 0 Å². The van der Waals surface area contributed by atoms with Crippen molar-refractivity contribution in [1.82, 2.24) is 0 Å². The fraction of sp³-hybridized carbons (Fsp3) is 0.750. The Labute approximate surface area is 71.0 Å². The van der Waals surface area contributed by atoms with E-state index in [2.05, 4.69) is 0 Å². The summed E-state index contributed by atoms with van der Waals surface area (Å²) in [5.41, 5.74) is 0. The normalized spacial score (nSPS) is 5.38. The van der Waals surface area contributed by atoms with Crippen LogP contribution in [0.2, 0.25) is 0 Å². The monoisotopic (exact) mass is 128 g/mol. The van der Waals surface area contributed by atoms with Crippen molar-refractivity contribution < 1.29 is 44.6 Å². The van der Waals surface area contributed by atoms with E-state index in [9.17, 15) is 0 Å². The summed E-state index contributed by atoms with van der Waals surface area (Å²) in [5.74, 6) is -0.833. The largest absolute Gasteiger partial charge is 1.00 e. The van der Waals surface area contributed by atoms with E-state index in [4.69, 9.17) is 15.0 Å². The van der Waals surface area contributed by atoms with E-state index >= 15 is 0 Å². The van der Waals surface area contributed by atoms with Gasteiger partial charge in [0.05, 0.1) is 0 Å². The van der Waals surface area contributed by atoms with E-state index < -0.39 is 5.97 Å². The fourth-order valence-electron chi connectivity index (χ4n) is 0. The Bertz CT molecular complexity index is 42.5. The average Bonchev–Trinajstić information content (AvgIpc) is 1.33. The van der Waals surface area contributed by atoms with Crippen LogP contribution in [0.5, 0.6) is 0 Å². The SMILES string of the molecule is CC(=O)O.CC[O-].[Na+]. The molecule has 0 saturated heterocycles. The van der Waals surface area contributed by atoms with Crippen molar-refractivity contribution in [3.8, 4) is 0 Å². The van der Waals surface area contributed by atoms with Crippen LogP contribution in [0.25, 0.3) is 0 Å². The number of carbonyl (C=O) groups is 1. The number of carboxylic acids is 1. The summed E-state index contributed by atoms with van der Waals surface area (Å²) in [6.45, 7) is 2.65. The van der Waals surface area contributed by atoms with Crippen LogP contribution in [0.1, 0.15) is 13.8 Å². The molecule has 0 heterocycles. The molecule has 3 nitrogen and oxygen atoms in total. The molecule has 44 valence electrons. The smallest absolute Gasteiger partial charge is 0.855 e. The zero-order chi connectivity index (χ0) is 6.28. The summed E-state index contributed by atoms with van der Waals surface area (Å²) < 4.78 is 0. The van der Waals surface area contributed by atoms with Gasteiger partial charge in [-0.2, -0.15) is 0 Å². The maximum Gasteiger partial charge on any atom is 1.00 e. The summed E-state index contributed by atoms with van der Waals surface area (Å²) in [6, 6.07) is 0. The van der Waals surface area contributed by atoms with Crippen LogP contribution in [-0.4, -0.2) is 17.7 Å². The fourth-order valence-corrected chi connectivity index (χ4v) is 0. The second-order valence-electron chi connectivity index (χ2n) is 0.808. The van der Waals surface area contributed by atoms with Crippen molar-refractivity contribution in [2.45, 2.75) is 13.8 Å². The van der Waals surface area contributed by atoms with Crippen molar-refractivity contribution >= 4 is 5.97 Å². The molecule has 0 fully saturated rings. The van der Waals surface area contributed by atoms with Gasteiger partial charge in [0.25, 0.3) is 5.97 Å². The van der Waals surface area contributed by atoms with Crippen LogP contribution in [0, 0.1) is 0 Å². The minimum Gasteiger partial charge on any atom is -0.855 e. The van der Waals surface area contributed by atoms with E-state index in [0.717, 1.165) is 6.92 Å². The van der Waals surface area contributed by atoms with E-state index in [1.165, 1.54) is 0 Å². The molecular weight excluding hydrogens is 119 g/mol. The molecule has 0 spiro atoms. The molecule has 0 amide bonds. The molecule has 0 radical (unpaired) electrons. The second kappa shape index (κ2) is 15.7. The van der Waals surface area contributed by atoms with Gasteiger partial charge in [-0.25, -0.2) is 0 Å². The molecule has 8 heavy (non-hydrogen) atoms. The minimum absolute atomic E-state index is 0. The Hall–Kier alpha value is 0.430. The number of rotatable bonds is 0. The van der Waals surface area contributed by atoms with Crippen molar-refractivity contribution in [2.75, 3.05) is 6.61 Å². The molecule has 0 aromatic carbocycles. The minimum atomic E-state index is -0.833. The first-order valence-corrected chi connectivity index (χ1v) is 1.92. The first-order valence-electron chi connectivity index (χ1n) is 1.92. The van der Waals surface area contributed by atoms with Gasteiger partial charge < -0.3 is 10.2 Å². The van der Waals surface area contributed by atoms with Crippen molar-refractivity contribution in [2.24, 2.45) is 0 Å². The molecule has 0 bridgehead atoms. The summed E-state index contributed by atoms with van der Waals surface area (Å²) in [4.78, 5) is 9.00. The predicted molar refractivity (Wildman–Crippen MR) is 23.9 cm³/mol. The molecule has 0 aliphatic carbocycles. The molecule has 0 aliphatic rings. The average molecular weight is 128 g/mol. The third-order valence-corrected chi connectivity index (χ3v) is 0. The second-order valence-corrected chi connectivity index (χ2v) is 0.808. The molecular formula is C4H9NaO3. The van der Waals surface area contributed by atoms with Crippen LogP contribution in [0.3, 0.4) is 0 Å². The molecule has 0 rings (SSSR count). The van der Waals surface area contributed by atoms with Crippen molar-refractivity contribution in [1.29, 1.82) is 0 Å². The molecule has 0 aromatic rings. The van der Waals surface area contributed by atoms with Crippen LogP contribution in [0.15, 0.2) is 0 Å². The summed E-state index contributed by atoms with van der Waals surface area (Å²) >= 11 is 0. The Balaban J connectivity index is -0.0000000575. The third-order valence-electron chi connectivity index (χ3n) is 0. The van der Waals surface area contributed by atoms with Crippen molar-refractivity contribution in [3.05, 3.63) is 0 Å². The van der Waals surface area contributed by atoms with E-state index in [0.29, 0.717) is 0 Å². The molecule has 0 unspecified atom stereocenters. The van der Waals surface area contributed by atoms with Gasteiger partial charge in [-0.05, 0) is 0 Å². The molecule has 0 atom stereocenters. The van der Waals surface area contributed by atoms with E-state index in [1.54, 1.807) is 6.92 Å². The van der Waals surface area contributed by atoms with Crippen molar-refractivity contribution in [3.63, 3.8) is 0 Å². The van der Waals surface area contributed by atoms with Gasteiger partial charge in [0.15, 0.2) is 0 Å². The summed E-state index contributed by atoms with van der Waals surface area (Å²) in [5, 5.41) is 16.3. The van der Waals surface area contributed by atoms with E-state index in [-0.39, 0.29) is 36.2 Å². The van der Waals surface area contributed by atoms with Gasteiger partial charge in [0.1, 0.15) is 0 Å². The van der Waals surface area contributed by atoms with Gasteiger partial charge in [-0.3, -0.25) is 4.79 Å². The maximum absolute atomic E-state index is 9.00.